The van der Waals surface area contributed by atoms with Crippen LogP contribution in [0.15, 0.2) is 42.5 Å². The minimum absolute atomic E-state index is 0.193. The number of carbonyl (C=O) groups excluding carboxylic acids is 2. The van der Waals surface area contributed by atoms with Crippen LogP contribution in [0.2, 0.25) is 0 Å². The minimum Gasteiger partial charge on any atom is -0.482 e. The highest BCUT2D eigenvalue weighted by Gasteiger charge is 2.09. The number of hydrogen-bond donors (Lipinski definition) is 1. The molecule has 1 amide bonds. The second-order valence-electron chi connectivity index (χ2n) is 4.85. The lowest BCUT2D eigenvalue weighted by Crippen LogP contribution is -2.18. The number of benzene rings is 2. The van der Waals surface area contributed by atoms with Crippen LogP contribution in [0.1, 0.15) is 21.5 Å². The fourth-order valence-electron chi connectivity index (χ4n) is 1.87. The van der Waals surface area contributed by atoms with Crippen LogP contribution in [0, 0.1) is 13.8 Å². The van der Waals surface area contributed by atoms with E-state index in [9.17, 15) is 9.59 Å². The van der Waals surface area contributed by atoms with E-state index in [0.717, 1.165) is 11.1 Å². The molecule has 22 heavy (non-hydrogen) atoms. The highest BCUT2D eigenvalue weighted by Crippen LogP contribution is 2.20. The third-order valence-electron chi connectivity index (χ3n) is 3.27. The van der Waals surface area contributed by atoms with Crippen LogP contribution in [0.25, 0.3) is 0 Å². The molecule has 0 heterocycles. The van der Waals surface area contributed by atoms with Crippen molar-refractivity contribution in [3.05, 3.63) is 59.2 Å². The topological polar surface area (TPSA) is 78.6 Å². The van der Waals surface area contributed by atoms with E-state index in [1.807, 2.05) is 26.0 Å². The van der Waals surface area contributed by atoms with Crippen molar-refractivity contribution in [2.24, 2.45) is 5.73 Å². The van der Waals surface area contributed by atoms with Gasteiger partial charge in [0.05, 0.1) is 0 Å². The predicted molar refractivity (Wildman–Crippen MR) is 82.0 cm³/mol. The summed E-state index contributed by atoms with van der Waals surface area (Å²) in [7, 11) is 0. The molecule has 0 fully saturated rings. The number of rotatable bonds is 5. The molecule has 0 atom stereocenters. The maximum atomic E-state index is 11.8. The monoisotopic (exact) mass is 299 g/mol. The average Bonchev–Trinajstić information content (AvgIpc) is 2.49. The Hall–Kier alpha value is -2.82. The number of esters is 1. The quantitative estimate of drug-likeness (QED) is 0.679. The standard InChI is InChI=1S/C17H17NO4/c1-11-4-3-5-15(12(11)2)21-10-16(19)22-14-8-6-13(7-9-14)17(18)20/h3-9H,10H2,1-2H3,(H2,18,20). The zero-order chi connectivity index (χ0) is 16.1. The Kier molecular flexibility index (Phi) is 4.78. The van der Waals surface area contributed by atoms with Gasteiger partial charge in [0.15, 0.2) is 6.61 Å². The first-order chi connectivity index (χ1) is 10.5. The molecule has 0 unspecified atom stereocenters. The maximum absolute atomic E-state index is 11.8. The zero-order valence-corrected chi connectivity index (χ0v) is 12.5. The Bertz CT molecular complexity index is 692. The second-order valence-corrected chi connectivity index (χ2v) is 4.85. The molecule has 0 spiro atoms. The van der Waals surface area contributed by atoms with Crippen molar-refractivity contribution < 1.29 is 19.1 Å². The van der Waals surface area contributed by atoms with Gasteiger partial charge in [0.1, 0.15) is 11.5 Å². The van der Waals surface area contributed by atoms with E-state index < -0.39 is 11.9 Å². The molecule has 2 rings (SSSR count). The van der Waals surface area contributed by atoms with Crippen LogP contribution in [-0.2, 0) is 4.79 Å². The first-order valence-electron chi connectivity index (χ1n) is 6.77. The molecule has 2 aromatic rings. The molecule has 5 nitrogen and oxygen atoms in total. The van der Waals surface area contributed by atoms with Crippen molar-refractivity contribution in [3.63, 3.8) is 0 Å². The molecule has 0 radical (unpaired) electrons. The number of hydrogen-bond acceptors (Lipinski definition) is 4. The Morgan fingerprint density at radius 2 is 1.73 bits per heavy atom. The first kappa shape index (κ1) is 15.6. The van der Waals surface area contributed by atoms with Crippen molar-refractivity contribution in [2.45, 2.75) is 13.8 Å². The Morgan fingerprint density at radius 3 is 2.36 bits per heavy atom. The van der Waals surface area contributed by atoms with E-state index >= 15 is 0 Å². The third-order valence-corrected chi connectivity index (χ3v) is 3.27. The van der Waals surface area contributed by atoms with Gasteiger partial charge in [-0.25, -0.2) is 4.79 Å². The smallest absolute Gasteiger partial charge is 0.349 e. The summed E-state index contributed by atoms with van der Waals surface area (Å²) < 4.78 is 10.6. The first-order valence-corrected chi connectivity index (χ1v) is 6.77. The van der Waals surface area contributed by atoms with Crippen LogP contribution in [0.3, 0.4) is 0 Å². The SMILES string of the molecule is Cc1cccc(OCC(=O)Oc2ccc(C(N)=O)cc2)c1C. The number of nitrogens with two attached hydrogens (primary N) is 1. The van der Waals surface area contributed by atoms with Crippen LogP contribution in [0.5, 0.6) is 11.5 Å². The van der Waals surface area contributed by atoms with Gasteiger partial charge < -0.3 is 15.2 Å². The van der Waals surface area contributed by atoms with Gasteiger partial charge in [-0.15, -0.1) is 0 Å². The van der Waals surface area contributed by atoms with Crippen LogP contribution < -0.4 is 15.2 Å². The summed E-state index contributed by atoms with van der Waals surface area (Å²) >= 11 is 0. The summed E-state index contributed by atoms with van der Waals surface area (Å²) in [4.78, 5) is 22.7. The van der Waals surface area contributed by atoms with E-state index in [2.05, 4.69) is 0 Å². The van der Waals surface area contributed by atoms with Crippen molar-refractivity contribution in [2.75, 3.05) is 6.61 Å². The van der Waals surface area contributed by atoms with Gasteiger partial charge >= 0.3 is 5.97 Å². The molecule has 0 aliphatic heterocycles. The molecule has 114 valence electrons. The molecule has 0 aliphatic rings. The van der Waals surface area contributed by atoms with Gasteiger partial charge in [-0.3, -0.25) is 4.79 Å². The molecule has 5 heteroatoms. The van der Waals surface area contributed by atoms with Gasteiger partial charge in [0.2, 0.25) is 5.91 Å². The zero-order valence-electron chi connectivity index (χ0n) is 12.5. The second kappa shape index (κ2) is 6.76. The van der Waals surface area contributed by atoms with E-state index in [1.54, 1.807) is 6.07 Å². The van der Waals surface area contributed by atoms with Crippen molar-refractivity contribution in [1.82, 2.24) is 0 Å². The largest absolute Gasteiger partial charge is 0.482 e. The fraction of sp³-hybridized carbons (Fsp3) is 0.176. The summed E-state index contributed by atoms with van der Waals surface area (Å²) in [5, 5.41) is 0. The molecule has 0 aromatic heterocycles. The summed E-state index contributed by atoms with van der Waals surface area (Å²) in [6.07, 6.45) is 0. The van der Waals surface area contributed by atoms with Gasteiger partial charge in [-0.2, -0.15) is 0 Å². The summed E-state index contributed by atoms with van der Waals surface area (Å²) in [6.45, 7) is 3.71. The lowest BCUT2D eigenvalue weighted by molar-refractivity contribution is -0.136. The van der Waals surface area contributed by atoms with Crippen molar-refractivity contribution in [3.8, 4) is 11.5 Å². The Balaban J connectivity index is 1.93. The number of primary amides is 1. The van der Waals surface area contributed by atoms with Gasteiger partial charge in [-0.05, 0) is 55.3 Å². The molecule has 2 aromatic carbocycles. The number of aryl methyl sites for hydroxylation is 1. The normalized spacial score (nSPS) is 10.1. The Labute approximate surface area is 128 Å². The summed E-state index contributed by atoms with van der Waals surface area (Å²) in [5.74, 6) is -0.0653. The van der Waals surface area contributed by atoms with Crippen molar-refractivity contribution in [1.29, 1.82) is 0 Å². The molecular weight excluding hydrogens is 282 g/mol. The minimum atomic E-state index is -0.531. The van der Waals surface area contributed by atoms with E-state index in [4.69, 9.17) is 15.2 Å². The van der Waals surface area contributed by atoms with Gasteiger partial charge in [0, 0.05) is 5.56 Å². The molecular formula is C17H17NO4. The van der Waals surface area contributed by atoms with E-state index in [-0.39, 0.29) is 6.61 Å². The van der Waals surface area contributed by atoms with Crippen LogP contribution in [-0.4, -0.2) is 18.5 Å². The maximum Gasteiger partial charge on any atom is 0.349 e. The van der Waals surface area contributed by atoms with Crippen molar-refractivity contribution >= 4 is 11.9 Å². The van der Waals surface area contributed by atoms with E-state index in [1.165, 1.54) is 24.3 Å². The number of ether oxygens (including phenoxy) is 2. The molecule has 2 N–H and O–H groups in total. The number of carbonyl (C=O) groups is 2. The van der Waals surface area contributed by atoms with E-state index in [0.29, 0.717) is 17.1 Å². The van der Waals surface area contributed by atoms with Crippen LogP contribution in [0.4, 0.5) is 0 Å². The predicted octanol–water partition coefficient (Wildman–Crippen LogP) is 2.39. The third kappa shape index (κ3) is 3.85. The summed E-state index contributed by atoms with van der Waals surface area (Å²) in [6, 6.07) is 11.7. The van der Waals surface area contributed by atoms with Gasteiger partial charge in [-0.1, -0.05) is 12.1 Å². The number of amides is 1. The average molecular weight is 299 g/mol. The molecule has 0 saturated carbocycles. The summed E-state index contributed by atoms with van der Waals surface area (Å²) in [5.41, 5.74) is 7.57. The molecule has 0 bridgehead atoms. The highest BCUT2D eigenvalue weighted by molar-refractivity contribution is 5.92. The van der Waals surface area contributed by atoms with Gasteiger partial charge in [0.25, 0.3) is 0 Å². The highest BCUT2D eigenvalue weighted by atomic mass is 16.6. The Morgan fingerprint density at radius 1 is 1.05 bits per heavy atom. The lowest BCUT2D eigenvalue weighted by Gasteiger charge is -2.10. The lowest BCUT2D eigenvalue weighted by atomic mass is 10.1. The molecule has 0 aliphatic carbocycles. The molecule has 0 saturated heterocycles. The fourth-order valence-corrected chi connectivity index (χ4v) is 1.87. The van der Waals surface area contributed by atoms with Crippen LogP contribution >= 0.6 is 0 Å².